The quantitative estimate of drug-likeness (QED) is 0.697. The van der Waals surface area contributed by atoms with Gasteiger partial charge in [-0.15, -0.1) is 11.3 Å². The van der Waals surface area contributed by atoms with Gasteiger partial charge in [0.2, 0.25) is 5.91 Å². The summed E-state index contributed by atoms with van der Waals surface area (Å²) in [6.45, 7) is 6.66. The average molecular weight is 487 g/mol. The summed E-state index contributed by atoms with van der Waals surface area (Å²) in [5.41, 5.74) is 1.13. The van der Waals surface area contributed by atoms with Crippen molar-refractivity contribution in [3.63, 3.8) is 0 Å². The standard InChI is InChI=1S/C25H34N4O4S/c1-16-12-29(14-23-26-9-10-34-23)17(2)15-33-21-11-19(27-24(30)18-5-6-18)7-8-20(21)25(31)28(3)13-22(16)32-4/h7-11,16-18,22H,5-6,12-15H2,1-4H3,(H,27,30)/t16-,17-,22-/m0/s1. The number of fused-ring (bicyclic) bond motifs is 1. The van der Waals surface area contributed by atoms with Gasteiger partial charge in [-0.1, -0.05) is 6.92 Å². The molecule has 2 aliphatic rings. The molecule has 0 unspecified atom stereocenters. The molecular formula is C25H34N4O4S. The van der Waals surface area contributed by atoms with Crippen molar-refractivity contribution in [1.82, 2.24) is 14.8 Å². The molecule has 1 aliphatic heterocycles. The van der Waals surface area contributed by atoms with E-state index in [-0.39, 0.29) is 35.8 Å². The Bertz CT molecular complexity index is 995. The van der Waals surface area contributed by atoms with Gasteiger partial charge in [-0.05, 0) is 37.8 Å². The second-order valence-corrected chi connectivity index (χ2v) is 10.4. The van der Waals surface area contributed by atoms with E-state index in [1.54, 1.807) is 48.6 Å². The lowest BCUT2D eigenvalue weighted by Gasteiger charge is -2.35. The van der Waals surface area contributed by atoms with Crippen LogP contribution in [0.4, 0.5) is 5.69 Å². The molecule has 184 valence electrons. The van der Waals surface area contributed by atoms with Gasteiger partial charge < -0.3 is 19.7 Å². The molecule has 0 spiro atoms. The van der Waals surface area contributed by atoms with Crippen LogP contribution in [0.2, 0.25) is 0 Å². The topological polar surface area (TPSA) is 84.0 Å². The maximum atomic E-state index is 13.3. The summed E-state index contributed by atoms with van der Waals surface area (Å²) in [5, 5.41) is 6.00. The van der Waals surface area contributed by atoms with Crippen LogP contribution in [0.1, 0.15) is 42.1 Å². The van der Waals surface area contributed by atoms with Crippen LogP contribution in [0, 0.1) is 11.8 Å². The van der Waals surface area contributed by atoms with Crippen molar-refractivity contribution >= 4 is 28.8 Å². The fourth-order valence-electron chi connectivity index (χ4n) is 4.24. The van der Waals surface area contributed by atoms with Crippen molar-refractivity contribution in [2.75, 3.05) is 39.2 Å². The Morgan fingerprint density at radius 3 is 2.76 bits per heavy atom. The number of carbonyl (C=O) groups is 2. The Morgan fingerprint density at radius 1 is 1.29 bits per heavy atom. The fourth-order valence-corrected chi connectivity index (χ4v) is 4.88. The van der Waals surface area contributed by atoms with E-state index in [1.807, 2.05) is 11.6 Å². The third-order valence-corrected chi connectivity index (χ3v) is 7.38. The molecule has 9 heteroatoms. The smallest absolute Gasteiger partial charge is 0.257 e. The fraction of sp³-hybridized carbons (Fsp3) is 0.560. The first-order chi connectivity index (χ1) is 16.4. The number of benzene rings is 1. The number of thiazole rings is 1. The zero-order valence-corrected chi connectivity index (χ0v) is 21.1. The average Bonchev–Trinajstić information content (AvgIpc) is 3.56. The molecule has 2 heterocycles. The Labute approximate surface area is 205 Å². The molecule has 1 aliphatic carbocycles. The van der Waals surface area contributed by atoms with Gasteiger partial charge in [0.1, 0.15) is 17.4 Å². The number of aromatic nitrogens is 1. The van der Waals surface area contributed by atoms with E-state index in [4.69, 9.17) is 9.47 Å². The van der Waals surface area contributed by atoms with Gasteiger partial charge in [0.05, 0.1) is 18.2 Å². The number of nitrogens with one attached hydrogen (secondary N) is 1. The monoisotopic (exact) mass is 486 g/mol. The number of carbonyl (C=O) groups excluding carboxylic acids is 2. The predicted molar refractivity (Wildman–Crippen MR) is 132 cm³/mol. The van der Waals surface area contributed by atoms with Crippen LogP contribution in [-0.4, -0.2) is 72.6 Å². The maximum absolute atomic E-state index is 13.3. The van der Waals surface area contributed by atoms with Gasteiger partial charge in [-0.25, -0.2) is 4.98 Å². The number of rotatable bonds is 5. The Morgan fingerprint density at radius 2 is 2.09 bits per heavy atom. The molecule has 0 saturated heterocycles. The van der Waals surface area contributed by atoms with Gasteiger partial charge in [0, 0.05) is 62.5 Å². The van der Waals surface area contributed by atoms with Gasteiger partial charge in [0.15, 0.2) is 0 Å². The highest BCUT2D eigenvalue weighted by Crippen LogP contribution is 2.32. The van der Waals surface area contributed by atoms with Crippen LogP contribution in [0.15, 0.2) is 29.8 Å². The number of nitrogens with zero attached hydrogens (tertiary/aromatic N) is 3. The van der Waals surface area contributed by atoms with Gasteiger partial charge >= 0.3 is 0 Å². The number of hydrogen-bond acceptors (Lipinski definition) is 7. The number of amides is 2. The summed E-state index contributed by atoms with van der Waals surface area (Å²) in [5.74, 6) is 0.673. The number of ether oxygens (including phenoxy) is 2. The third-order valence-electron chi connectivity index (χ3n) is 6.61. The van der Waals surface area contributed by atoms with Crippen LogP contribution in [0.3, 0.4) is 0 Å². The molecule has 0 bridgehead atoms. The van der Waals surface area contributed by atoms with Crippen molar-refractivity contribution in [2.45, 2.75) is 45.4 Å². The summed E-state index contributed by atoms with van der Waals surface area (Å²) in [6, 6.07) is 5.36. The minimum Gasteiger partial charge on any atom is -0.491 e. The van der Waals surface area contributed by atoms with Crippen LogP contribution < -0.4 is 10.1 Å². The molecule has 2 aromatic rings. The Balaban J connectivity index is 1.62. The van der Waals surface area contributed by atoms with Crippen LogP contribution in [0.5, 0.6) is 5.75 Å². The second-order valence-electron chi connectivity index (χ2n) is 9.43. The van der Waals surface area contributed by atoms with E-state index in [9.17, 15) is 9.59 Å². The van der Waals surface area contributed by atoms with E-state index in [0.717, 1.165) is 30.9 Å². The van der Waals surface area contributed by atoms with Crippen LogP contribution in [0.25, 0.3) is 0 Å². The molecule has 4 rings (SSSR count). The third kappa shape index (κ3) is 5.95. The van der Waals surface area contributed by atoms with Crippen molar-refractivity contribution in [3.05, 3.63) is 40.3 Å². The van der Waals surface area contributed by atoms with Crippen molar-refractivity contribution in [1.29, 1.82) is 0 Å². The lowest BCUT2D eigenvalue weighted by atomic mass is 10.0. The Hall–Kier alpha value is -2.49. The second kappa shape index (κ2) is 10.8. The molecule has 3 atom stereocenters. The van der Waals surface area contributed by atoms with E-state index >= 15 is 0 Å². The summed E-state index contributed by atoms with van der Waals surface area (Å²) < 4.78 is 12.1. The van der Waals surface area contributed by atoms with Gasteiger partial charge in [-0.3, -0.25) is 14.5 Å². The summed E-state index contributed by atoms with van der Waals surface area (Å²) >= 11 is 1.64. The van der Waals surface area contributed by atoms with E-state index in [0.29, 0.717) is 30.2 Å². The molecule has 34 heavy (non-hydrogen) atoms. The highest BCUT2D eigenvalue weighted by Gasteiger charge is 2.31. The van der Waals surface area contributed by atoms with Crippen LogP contribution >= 0.6 is 11.3 Å². The first-order valence-electron chi connectivity index (χ1n) is 11.8. The molecule has 1 N–H and O–H groups in total. The van der Waals surface area contributed by atoms with Crippen molar-refractivity contribution in [2.24, 2.45) is 11.8 Å². The van der Waals surface area contributed by atoms with E-state index in [1.165, 1.54) is 0 Å². The lowest BCUT2D eigenvalue weighted by molar-refractivity contribution is -0.117. The minimum atomic E-state index is -0.128. The molecule has 1 fully saturated rings. The molecular weight excluding hydrogens is 452 g/mol. The summed E-state index contributed by atoms with van der Waals surface area (Å²) in [6.07, 6.45) is 3.58. The van der Waals surface area contributed by atoms with Gasteiger partial charge in [0.25, 0.3) is 5.91 Å². The highest BCUT2D eigenvalue weighted by atomic mass is 32.1. The van der Waals surface area contributed by atoms with Gasteiger partial charge in [-0.2, -0.15) is 0 Å². The zero-order valence-electron chi connectivity index (χ0n) is 20.3. The van der Waals surface area contributed by atoms with Crippen LogP contribution in [-0.2, 0) is 16.1 Å². The molecule has 1 saturated carbocycles. The first kappa shape index (κ1) is 24.6. The summed E-state index contributed by atoms with van der Waals surface area (Å²) in [4.78, 5) is 34.1. The summed E-state index contributed by atoms with van der Waals surface area (Å²) in [7, 11) is 3.49. The van der Waals surface area contributed by atoms with E-state index < -0.39 is 0 Å². The molecule has 2 amide bonds. The largest absolute Gasteiger partial charge is 0.491 e. The van der Waals surface area contributed by atoms with Crippen molar-refractivity contribution < 1.29 is 19.1 Å². The van der Waals surface area contributed by atoms with Crippen molar-refractivity contribution in [3.8, 4) is 5.75 Å². The SMILES string of the molecule is CO[C@H]1CN(C)C(=O)c2ccc(NC(=O)C3CC3)cc2OC[C@H](C)N(Cc2nccs2)C[C@@H]1C. The normalized spacial score (nSPS) is 24.5. The molecule has 1 aromatic heterocycles. The maximum Gasteiger partial charge on any atom is 0.257 e. The van der Waals surface area contributed by atoms with E-state index in [2.05, 4.69) is 29.0 Å². The molecule has 0 radical (unpaired) electrons. The zero-order chi connectivity index (χ0) is 24.2. The predicted octanol–water partition coefficient (Wildman–Crippen LogP) is 3.50. The number of anilines is 1. The Kier molecular flexibility index (Phi) is 7.85. The minimum absolute atomic E-state index is 0.0245. The first-order valence-corrected chi connectivity index (χ1v) is 12.7. The number of likely N-dealkylation sites (N-methyl/N-ethyl adjacent to an activating group) is 1. The number of methoxy groups -OCH3 is 1. The number of hydrogen-bond donors (Lipinski definition) is 1. The lowest BCUT2D eigenvalue weighted by Crippen LogP contribution is -2.46. The molecule has 8 nitrogen and oxygen atoms in total. The molecule has 1 aromatic carbocycles. The highest BCUT2D eigenvalue weighted by molar-refractivity contribution is 7.09.